The zero-order valence-corrected chi connectivity index (χ0v) is 16.8. The Kier molecular flexibility index (Phi) is 5.51. The molecule has 0 radical (unpaired) electrons. The lowest BCUT2D eigenvalue weighted by Gasteiger charge is -2.20. The van der Waals surface area contributed by atoms with Crippen LogP contribution in [0.1, 0.15) is 37.4 Å². The lowest BCUT2D eigenvalue weighted by Crippen LogP contribution is -2.24. The van der Waals surface area contributed by atoms with Crippen molar-refractivity contribution in [1.82, 2.24) is 0 Å². The third-order valence-electron chi connectivity index (χ3n) is 4.64. The Morgan fingerprint density at radius 2 is 1.48 bits per heavy atom. The molecule has 0 atom stereocenters. The van der Waals surface area contributed by atoms with Gasteiger partial charge in [-0.3, -0.25) is 14.4 Å². The number of thioether (sulfide) groups is 1. The Labute approximate surface area is 177 Å². The van der Waals surface area contributed by atoms with Crippen molar-refractivity contribution in [3.8, 4) is 0 Å². The summed E-state index contributed by atoms with van der Waals surface area (Å²) in [6.07, 6.45) is 0. The Hall–Kier alpha value is -2.89. The average Bonchev–Trinajstić information content (AvgIpc) is 2.73. The molecule has 1 N–H and O–H groups in total. The Morgan fingerprint density at radius 3 is 2.21 bits per heavy atom. The van der Waals surface area contributed by atoms with E-state index < -0.39 is 0 Å². The predicted molar refractivity (Wildman–Crippen MR) is 116 cm³/mol. The van der Waals surface area contributed by atoms with Crippen molar-refractivity contribution in [3.05, 3.63) is 99.6 Å². The van der Waals surface area contributed by atoms with Crippen LogP contribution in [0.3, 0.4) is 0 Å². The van der Waals surface area contributed by atoms with Gasteiger partial charge in [-0.1, -0.05) is 60.1 Å². The molecule has 4 nitrogen and oxygen atoms in total. The van der Waals surface area contributed by atoms with Crippen LogP contribution in [0.15, 0.2) is 66.7 Å². The third-order valence-corrected chi connectivity index (χ3v) is 5.90. The lowest BCUT2D eigenvalue weighted by molar-refractivity contribution is -0.113. The van der Waals surface area contributed by atoms with Crippen molar-refractivity contribution >= 4 is 46.5 Å². The van der Waals surface area contributed by atoms with Crippen molar-refractivity contribution in [2.75, 3.05) is 11.1 Å². The molecule has 29 heavy (non-hydrogen) atoms. The van der Waals surface area contributed by atoms with Crippen molar-refractivity contribution in [3.63, 3.8) is 0 Å². The molecule has 1 amide bonds. The zero-order chi connectivity index (χ0) is 20.4. The number of carbonyl (C=O) groups excluding carboxylic acids is 3. The van der Waals surface area contributed by atoms with Gasteiger partial charge in [0.25, 0.3) is 0 Å². The van der Waals surface area contributed by atoms with E-state index in [9.17, 15) is 14.4 Å². The molecule has 0 bridgehead atoms. The number of ketones is 2. The summed E-state index contributed by atoms with van der Waals surface area (Å²) in [5, 5.41) is 3.47. The highest BCUT2D eigenvalue weighted by Crippen LogP contribution is 2.32. The Balaban J connectivity index is 1.49. The SMILES string of the molecule is O=C(CSCc1ccc(Cl)cc1)Nc1cccc2c1C(=O)c1ccccc1C2=O. The fraction of sp³-hybridized carbons (Fsp3) is 0.0870. The van der Waals surface area contributed by atoms with Crippen LogP contribution in [0.25, 0.3) is 0 Å². The number of halogens is 1. The third kappa shape index (κ3) is 3.97. The maximum Gasteiger partial charge on any atom is 0.234 e. The predicted octanol–water partition coefficient (Wildman–Crippen LogP) is 4.99. The summed E-state index contributed by atoms with van der Waals surface area (Å²) in [4.78, 5) is 38.2. The Bertz CT molecular complexity index is 1130. The van der Waals surface area contributed by atoms with Gasteiger partial charge in [0.05, 0.1) is 17.0 Å². The first-order valence-corrected chi connectivity index (χ1v) is 10.5. The fourth-order valence-electron chi connectivity index (χ4n) is 3.28. The number of amides is 1. The maximum atomic E-state index is 13.0. The monoisotopic (exact) mass is 421 g/mol. The van der Waals surface area contributed by atoms with Crippen molar-refractivity contribution in [2.45, 2.75) is 5.75 Å². The van der Waals surface area contributed by atoms with Gasteiger partial charge in [0.2, 0.25) is 5.91 Å². The van der Waals surface area contributed by atoms with Crippen LogP contribution in [0.2, 0.25) is 5.02 Å². The minimum Gasteiger partial charge on any atom is -0.325 e. The van der Waals surface area contributed by atoms with Gasteiger partial charge < -0.3 is 5.32 Å². The first-order valence-electron chi connectivity index (χ1n) is 8.98. The van der Waals surface area contributed by atoms with Crippen LogP contribution >= 0.6 is 23.4 Å². The molecule has 0 heterocycles. The molecular formula is C23H16ClNO3S. The summed E-state index contributed by atoms with van der Waals surface area (Å²) in [5.74, 6) is 0.215. The van der Waals surface area contributed by atoms with Crippen molar-refractivity contribution in [2.24, 2.45) is 0 Å². The smallest absolute Gasteiger partial charge is 0.234 e. The highest BCUT2D eigenvalue weighted by molar-refractivity contribution is 7.99. The molecule has 144 valence electrons. The van der Waals surface area contributed by atoms with E-state index in [0.717, 1.165) is 5.56 Å². The number of carbonyl (C=O) groups is 3. The van der Waals surface area contributed by atoms with Gasteiger partial charge in [-0.2, -0.15) is 0 Å². The standard InChI is InChI=1S/C23H16ClNO3S/c24-15-10-8-14(9-11-15)12-29-13-20(26)25-19-7-3-6-18-21(19)23(28)17-5-2-1-4-16(17)22(18)27/h1-11H,12-13H2,(H,25,26). The number of benzene rings is 3. The van der Waals surface area contributed by atoms with Gasteiger partial charge in [-0.15, -0.1) is 11.8 Å². The summed E-state index contributed by atoms with van der Waals surface area (Å²) in [5.41, 5.74) is 2.78. The highest BCUT2D eigenvalue weighted by Gasteiger charge is 2.31. The van der Waals surface area contributed by atoms with Crippen LogP contribution < -0.4 is 5.32 Å². The normalized spacial score (nSPS) is 12.3. The number of rotatable bonds is 5. The molecule has 4 rings (SSSR count). The number of nitrogens with one attached hydrogen (secondary N) is 1. The van der Waals surface area contributed by atoms with Crippen LogP contribution in [0, 0.1) is 0 Å². The summed E-state index contributed by atoms with van der Waals surface area (Å²) >= 11 is 7.34. The molecule has 0 saturated heterocycles. The molecule has 0 unspecified atom stereocenters. The fourth-order valence-corrected chi connectivity index (χ4v) is 4.19. The van der Waals surface area contributed by atoms with Gasteiger partial charge in [0.15, 0.2) is 11.6 Å². The van der Waals surface area contributed by atoms with Gasteiger partial charge in [-0.05, 0) is 23.8 Å². The second kappa shape index (κ2) is 8.23. The molecule has 1 aliphatic rings. The summed E-state index contributed by atoms with van der Waals surface area (Å²) in [6.45, 7) is 0. The molecule has 0 aliphatic heterocycles. The zero-order valence-electron chi connectivity index (χ0n) is 15.3. The molecule has 6 heteroatoms. The minimum absolute atomic E-state index is 0.205. The number of hydrogen-bond donors (Lipinski definition) is 1. The second-order valence-corrected chi connectivity index (χ2v) is 8.02. The molecular weight excluding hydrogens is 406 g/mol. The lowest BCUT2D eigenvalue weighted by atomic mass is 9.83. The van der Waals surface area contributed by atoms with Crippen LogP contribution in [0.5, 0.6) is 0 Å². The van der Waals surface area contributed by atoms with E-state index in [1.807, 2.05) is 24.3 Å². The summed E-state index contributed by atoms with van der Waals surface area (Å²) in [6, 6.07) is 19.2. The van der Waals surface area contributed by atoms with Crippen molar-refractivity contribution in [1.29, 1.82) is 0 Å². The van der Waals surface area contributed by atoms with E-state index in [4.69, 9.17) is 11.6 Å². The summed E-state index contributed by atoms with van der Waals surface area (Å²) in [7, 11) is 0. The first-order chi connectivity index (χ1) is 14.0. The van der Waals surface area contributed by atoms with Crippen molar-refractivity contribution < 1.29 is 14.4 Å². The van der Waals surface area contributed by atoms with Gasteiger partial charge >= 0.3 is 0 Å². The summed E-state index contributed by atoms with van der Waals surface area (Å²) < 4.78 is 0. The number of anilines is 1. The molecule has 0 saturated carbocycles. The molecule has 3 aromatic rings. The van der Waals surface area contributed by atoms with Gasteiger partial charge in [0.1, 0.15) is 0 Å². The van der Waals surface area contributed by atoms with E-state index in [1.54, 1.807) is 42.5 Å². The van der Waals surface area contributed by atoms with Crippen LogP contribution in [0.4, 0.5) is 5.69 Å². The van der Waals surface area contributed by atoms with Crippen LogP contribution in [-0.2, 0) is 10.5 Å². The second-order valence-electron chi connectivity index (χ2n) is 6.60. The molecule has 0 aromatic heterocycles. The minimum atomic E-state index is -0.250. The van der Waals surface area contributed by atoms with E-state index in [-0.39, 0.29) is 28.8 Å². The largest absolute Gasteiger partial charge is 0.325 e. The quantitative estimate of drug-likeness (QED) is 0.493. The van der Waals surface area contributed by atoms with Gasteiger partial charge in [-0.25, -0.2) is 0 Å². The molecule has 0 fully saturated rings. The van der Waals surface area contributed by atoms with Gasteiger partial charge in [0, 0.05) is 27.5 Å². The van der Waals surface area contributed by atoms with E-state index in [1.165, 1.54) is 11.8 Å². The topological polar surface area (TPSA) is 63.2 Å². The molecule has 1 aliphatic carbocycles. The molecule has 3 aromatic carbocycles. The van der Waals surface area contributed by atoms with E-state index >= 15 is 0 Å². The molecule has 0 spiro atoms. The van der Waals surface area contributed by atoms with E-state index in [0.29, 0.717) is 33.2 Å². The number of fused-ring (bicyclic) bond motifs is 2. The average molecular weight is 422 g/mol. The van der Waals surface area contributed by atoms with E-state index in [2.05, 4.69) is 5.32 Å². The maximum absolute atomic E-state index is 13.0. The van der Waals surface area contributed by atoms with Crippen LogP contribution in [-0.4, -0.2) is 23.2 Å². The highest BCUT2D eigenvalue weighted by atomic mass is 35.5. The first kappa shape index (κ1) is 19.4. The Morgan fingerprint density at radius 1 is 0.828 bits per heavy atom. The number of hydrogen-bond acceptors (Lipinski definition) is 4.